The fourth-order valence-corrected chi connectivity index (χ4v) is 1.64. The van der Waals surface area contributed by atoms with E-state index >= 15 is 0 Å². The Hall–Kier alpha value is -0.930. The molecule has 3 heteroatoms. The highest BCUT2D eigenvalue weighted by molar-refractivity contribution is 5.18. The number of nitrogens with one attached hydrogen (secondary N) is 1. The highest BCUT2D eigenvalue weighted by Gasteiger charge is 2.25. The number of rotatable bonds is 3. The van der Waals surface area contributed by atoms with Crippen LogP contribution in [0.3, 0.4) is 0 Å². The SMILES string of the molecule is OC(Cc1ccccc1F)C1CNC1. The molecular weight excluding hydrogens is 181 g/mol. The van der Waals surface area contributed by atoms with Crippen LogP contribution >= 0.6 is 0 Å². The van der Waals surface area contributed by atoms with E-state index in [2.05, 4.69) is 5.32 Å². The monoisotopic (exact) mass is 195 g/mol. The smallest absolute Gasteiger partial charge is 0.126 e. The summed E-state index contributed by atoms with van der Waals surface area (Å²) in [5.74, 6) is 0.0634. The fourth-order valence-electron chi connectivity index (χ4n) is 1.64. The molecule has 1 heterocycles. The minimum absolute atomic E-state index is 0.223. The predicted molar refractivity (Wildman–Crippen MR) is 52.5 cm³/mol. The lowest BCUT2D eigenvalue weighted by Crippen LogP contribution is -2.49. The molecule has 1 aliphatic rings. The minimum atomic E-state index is -0.423. The van der Waals surface area contributed by atoms with Gasteiger partial charge in [0.15, 0.2) is 0 Å². The van der Waals surface area contributed by atoms with Crippen molar-refractivity contribution in [3.63, 3.8) is 0 Å². The molecule has 0 saturated carbocycles. The van der Waals surface area contributed by atoms with E-state index in [1.54, 1.807) is 18.2 Å². The van der Waals surface area contributed by atoms with Gasteiger partial charge in [-0.1, -0.05) is 18.2 Å². The van der Waals surface area contributed by atoms with Crippen molar-refractivity contribution < 1.29 is 9.50 Å². The molecule has 1 saturated heterocycles. The molecule has 2 N–H and O–H groups in total. The molecule has 14 heavy (non-hydrogen) atoms. The maximum Gasteiger partial charge on any atom is 0.126 e. The van der Waals surface area contributed by atoms with Gasteiger partial charge in [0.25, 0.3) is 0 Å². The highest BCUT2D eigenvalue weighted by Crippen LogP contribution is 2.16. The summed E-state index contributed by atoms with van der Waals surface area (Å²) < 4.78 is 13.2. The van der Waals surface area contributed by atoms with Crippen molar-refractivity contribution in [3.8, 4) is 0 Å². The van der Waals surface area contributed by atoms with Gasteiger partial charge < -0.3 is 10.4 Å². The van der Waals surface area contributed by atoms with Gasteiger partial charge >= 0.3 is 0 Å². The fraction of sp³-hybridized carbons (Fsp3) is 0.455. The molecule has 0 aliphatic carbocycles. The van der Waals surface area contributed by atoms with Crippen LogP contribution in [0.4, 0.5) is 4.39 Å². The average molecular weight is 195 g/mol. The van der Waals surface area contributed by atoms with E-state index in [1.807, 2.05) is 0 Å². The van der Waals surface area contributed by atoms with E-state index in [0.29, 0.717) is 12.0 Å². The quantitative estimate of drug-likeness (QED) is 0.752. The normalized spacial score (nSPS) is 19.0. The van der Waals surface area contributed by atoms with Crippen LogP contribution in [0.2, 0.25) is 0 Å². The van der Waals surface area contributed by atoms with E-state index in [4.69, 9.17) is 0 Å². The molecule has 0 radical (unpaired) electrons. The van der Waals surface area contributed by atoms with Crippen molar-refractivity contribution in [2.75, 3.05) is 13.1 Å². The van der Waals surface area contributed by atoms with E-state index in [1.165, 1.54) is 6.07 Å². The highest BCUT2D eigenvalue weighted by atomic mass is 19.1. The number of aliphatic hydroxyl groups excluding tert-OH is 1. The summed E-state index contributed by atoms with van der Waals surface area (Å²) in [5.41, 5.74) is 0.604. The average Bonchev–Trinajstić information content (AvgIpc) is 2.05. The maximum absolute atomic E-state index is 13.2. The van der Waals surface area contributed by atoms with Crippen LogP contribution < -0.4 is 5.32 Å². The van der Waals surface area contributed by atoms with Gasteiger partial charge in [-0.05, 0) is 11.6 Å². The van der Waals surface area contributed by atoms with Crippen molar-refractivity contribution in [2.45, 2.75) is 12.5 Å². The second kappa shape index (κ2) is 4.07. The number of hydrogen-bond donors (Lipinski definition) is 2. The van der Waals surface area contributed by atoms with Gasteiger partial charge in [-0.2, -0.15) is 0 Å². The van der Waals surface area contributed by atoms with Crippen LogP contribution in [-0.4, -0.2) is 24.3 Å². The first-order valence-electron chi connectivity index (χ1n) is 4.89. The summed E-state index contributed by atoms with van der Waals surface area (Å²) in [7, 11) is 0. The lowest BCUT2D eigenvalue weighted by Gasteiger charge is -2.31. The van der Waals surface area contributed by atoms with Crippen molar-refractivity contribution in [2.24, 2.45) is 5.92 Å². The Morgan fingerprint density at radius 1 is 1.43 bits per heavy atom. The van der Waals surface area contributed by atoms with E-state index in [0.717, 1.165) is 13.1 Å². The van der Waals surface area contributed by atoms with Crippen molar-refractivity contribution >= 4 is 0 Å². The van der Waals surface area contributed by atoms with Gasteiger partial charge in [0, 0.05) is 25.4 Å². The van der Waals surface area contributed by atoms with E-state index in [9.17, 15) is 9.50 Å². The molecule has 1 aromatic carbocycles. The third-order valence-electron chi connectivity index (χ3n) is 2.74. The number of hydrogen-bond acceptors (Lipinski definition) is 2. The van der Waals surface area contributed by atoms with Gasteiger partial charge in [-0.3, -0.25) is 0 Å². The molecule has 1 aliphatic heterocycles. The predicted octanol–water partition coefficient (Wildman–Crippen LogP) is 0.948. The zero-order valence-corrected chi connectivity index (χ0v) is 7.91. The number of benzene rings is 1. The Morgan fingerprint density at radius 2 is 2.14 bits per heavy atom. The summed E-state index contributed by atoms with van der Waals surface area (Å²) in [5, 5.41) is 12.8. The number of aliphatic hydroxyl groups is 1. The lowest BCUT2D eigenvalue weighted by molar-refractivity contribution is 0.0765. The van der Waals surface area contributed by atoms with Crippen molar-refractivity contribution in [1.29, 1.82) is 0 Å². The summed E-state index contributed by atoms with van der Waals surface area (Å²) in [6.07, 6.45) is -0.00731. The Kier molecular flexibility index (Phi) is 2.79. The topological polar surface area (TPSA) is 32.3 Å². The molecule has 76 valence electrons. The van der Waals surface area contributed by atoms with Gasteiger partial charge in [-0.15, -0.1) is 0 Å². The summed E-state index contributed by atoms with van der Waals surface area (Å²) in [6.45, 7) is 1.69. The molecule has 0 aromatic heterocycles. The second-order valence-electron chi connectivity index (χ2n) is 3.78. The van der Waals surface area contributed by atoms with Crippen LogP contribution in [0, 0.1) is 11.7 Å². The summed E-state index contributed by atoms with van der Waals surface area (Å²) in [6, 6.07) is 6.62. The molecule has 1 atom stereocenters. The second-order valence-corrected chi connectivity index (χ2v) is 3.78. The van der Waals surface area contributed by atoms with Crippen LogP contribution in [-0.2, 0) is 6.42 Å². The van der Waals surface area contributed by atoms with E-state index in [-0.39, 0.29) is 11.7 Å². The van der Waals surface area contributed by atoms with Gasteiger partial charge in [0.05, 0.1) is 6.10 Å². The van der Waals surface area contributed by atoms with Crippen LogP contribution in [0.5, 0.6) is 0 Å². The van der Waals surface area contributed by atoms with Gasteiger partial charge in [0.2, 0.25) is 0 Å². The Bertz CT molecular complexity index is 312. The molecule has 1 fully saturated rings. The van der Waals surface area contributed by atoms with Crippen LogP contribution in [0.15, 0.2) is 24.3 Å². The van der Waals surface area contributed by atoms with E-state index < -0.39 is 6.10 Å². The third kappa shape index (κ3) is 1.94. The first kappa shape index (κ1) is 9.62. The molecule has 2 nitrogen and oxygen atoms in total. The van der Waals surface area contributed by atoms with Crippen LogP contribution in [0.1, 0.15) is 5.56 Å². The minimum Gasteiger partial charge on any atom is -0.392 e. The summed E-state index contributed by atoms with van der Waals surface area (Å²) in [4.78, 5) is 0. The van der Waals surface area contributed by atoms with Gasteiger partial charge in [-0.25, -0.2) is 4.39 Å². The van der Waals surface area contributed by atoms with Gasteiger partial charge in [0.1, 0.15) is 5.82 Å². The van der Waals surface area contributed by atoms with Crippen molar-refractivity contribution in [1.82, 2.24) is 5.32 Å². The number of halogens is 1. The third-order valence-corrected chi connectivity index (χ3v) is 2.74. The summed E-state index contributed by atoms with van der Waals surface area (Å²) >= 11 is 0. The Balaban J connectivity index is 1.99. The Morgan fingerprint density at radius 3 is 2.71 bits per heavy atom. The molecular formula is C11H14FNO. The molecule has 1 aromatic rings. The zero-order valence-electron chi connectivity index (χ0n) is 7.91. The Labute approximate surface area is 82.8 Å². The molecule has 1 unspecified atom stereocenters. The first-order chi connectivity index (χ1) is 6.77. The molecule has 0 spiro atoms. The van der Waals surface area contributed by atoms with Crippen molar-refractivity contribution in [3.05, 3.63) is 35.6 Å². The standard InChI is InChI=1S/C11H14FNO/c12-10-4-2-1-3-8(10)5-11(14)9-6-13-7-9/h1-4,9,11,13-14H,5-7H2. The molecule has 0 amide bonds. The van der Waals surface area contributed by atoms with Crippen LogP contribution in [0.25, 0.3) is 0 Å². The zero-order chi connectivity index (χ0) is 9.97. The lowest BCUT2D eigenvalue weighted by atomic mass is 9.91. The largest absolute Gasteiger partial charge is 0.392 e. The maximum atomic E-state index is 13.2. The first-order valence-corrected chi connectivity index (χ1v) is 4.89. The molecule has 2 rings (SSSR count). The molecule has 0 bridgehead atoms.